The van der Waals surface area contributed by atoms with Gasteiger partial charge in [0.15, 0.2) is 11.5 Å². The summed E-state index contributed by atoms with van der Waals surface area (Å²) in [5.41, 5.74) is 4.16. The van der Waals surface area contributed by atoms with Crippen molar-refractivity contribution in [2.75, 3.05) is 40.5 Å². The SMILES string of the molecule is CCOC(=O)C1=C(CN2CC=C(c3ccccc3)CC2)NC(=O)N[C@H]1c1ccc(OC)c(OC)c1. The Morgan fingerprint density at radius 1 is 1.09 bits per heavy atom. The van der Waals surface area contributed by atoms with Crippen molar-refractivity contribution in [2.45, 2.75) is 19.4 Å². The molecule has 0 aromatic heterocycles. The summed E-state index contributed by atoms with van der Waals surface area (Å²) in [4.78, 5) is 27.9. The highest BCUT2D eigenvalue weighted by atomic mass is 16.5. The Hall–Kier alpha value is -3.78. The van der Waals surface area contributed by atoms with E-state index in [0.29, 0.717) is 41.4 Å². The number of hydrogen-bond acceptors (Lipinski definition) is 6. The maximum absolute atomic E-state index is 13.1. The van der Waals surface area contributed by atoms with E-state index in [9.17, 15) is 9.59 Å². The van der Waals surface area contributed by atoms with Crippen LogP contribution in [0.5, 0.6) is 11.5 Å². The number of nitrogens with one attached hydrogen (secondary N) is 2. The van der Waals surface area contributed by atoms with Crippen LogP contribution in [-0.2, 0) is 9.53 Å². The van der Waals surface area contributed by atoms with Crippen LogP contribution < -0.4 is 20.1 Å². The minimum Gasteiger partial charge on any atom is -0.493 e. The molecule has 8 nitrogen and oxygen atoms in total. The Labute approximate surface area is 205 Å². The maximum atomic E-state index is 13.1. The Morgan fingerprint density at radius 2 is 1.86 bits per heavy atom. The van der Waals surface area contributed by atoms with Gasteiger partial charge in [0.1, 0.15) is 0 Å². The lowest BCUT2D eigenvalue weighted by Crippen LogP contribution is -2.48. The van der Waals surface area contributed by atoms with Gasteiger partial charge in [0.05, 0.1) is 32.4 Å². The molecule has 2 aliphatic heterocycles. The Kier molecular flexibility index (Phi) is 7.72. The van der Waals surface area contributed by atoms with Gasteiger partial charge >= 0.3 is 12.0 Å². The molecule has 0 fully saturated rings. The van der Waals surface area contributed by atoms with E-state index < -0.39 is 12.0 Å². The number of ether oxygens (including phenoxy) is 3. The first-order valence-electron chi connectivity index (χ1n) is 11.7. The third-order valence-electron chi connectivity index (χ3n) is 6.21. The van der Waals surface area contributed by atoms with Crippen LogP contribution in [0.4, 0.5) is 4.79 Å². The molecule has 0 spiro atoms. The van der Waals surface area contributed by atoms with E-state index in [4.69, 9.17) is 14.2 Å². The number of methoxy groups -OCH3 is 2. The number of urea groups is 1. The number of hydrogen-bond donors (Lipinski definition) is 2. The van der Waals surface area contributed by atoms with Crippen molar-refractivity contribution in [3.05, 3.63) is 77.0 Å². The van der Waals surface area contributed by atoms with Gasteiger partial charge in [-0.05, 0) is 42.2 Å². The van der Waals surface area contributed by atoms with E-state index in [0.717, 1.165) is 13.0 Å². The second-order valence-electron chi connectivity index (χ2n) is 8.34. The first kappa shape index (κ1) is 24.3. The van der Waals surface area contributed by atoms with Gasteiger partial charge in [-0.25, -0.2) is 9.59 Å². The van der Waals surface area contributed by atoms with Crippen LogP contribution in [0, 0.1) is 0 Å². The van der Waals surface area contributed by atoms with E-state index >= 15 is 0 Å². The zero-order valence-corrected chi connectivity index (χ0v) is 20.3. The zero-order chi connectivity index (χ0) is 24.8. The van der Waals surface area contributed by atoms with Crippen LogP contribution in [0.15, 0.2) is 65.9 Å². The molecule has 35 heavy (non-hydrogen) atoms. The number of rotatable bonds is 8. The van der Waals surface area contributed by atoms with Crippen LogP contribution in [-0.4, -0.2) is 57.4 Å². The lowest BCUT2D eigenvalue weighted by Gasteiger charge is -2.33. The molecule has 8 heteroatoms. The van der Waals surface area contributed by atoms with Gasteiger partial charge in [-0.15, -0.1) is 0 Å². The molecule has 0 saturated heterocycles. The fraction of sp³-hybridized carbons (Fsp3) is 0.333. The van der Waals surface area contributed by atoms with Gasteiger partial charge in [-0.1, -0.05) is 42.5 Å². The van der Waals surface area contributed by atoms with Crippen molar-refractivity contribution >= 4 is 17.6 Å². The molecule has 0 aliphatic carbocycles. The van der Waals surface area contributed by atoms with E-state index in [-0.39, 0.29) is 12.6 Å². The van der Waals surface area contributed by atoms with Gasteiger partial charge in [-0.3, -0.25) is 4.90 Å². The quantitative estimate of drug-likeness (QED) is 0.564. The van der Waals surface area contributed by atoms with Crippen molar-refractivity contribution in [3.8, 4) is 11.5 Å². The van der Waals surface area contributed by atoms with Crippen molar-refractivity contribution in [1.82, 2.24) is 15.5 Å². The smallest absolute Gasteiger partial charge is 0.338 e. The number of benzene rings is 2. The van der Waals surface area contributed by atoms with Crippen molar-refractivity contribution in [3.63, 3.8) is 0 Å². The number of esters is 1. The van der Waals surface area contributed by atoms with Crippen molar-refractivity contribution < 1.29 is 23.8 Å². The molecule has 2 aromatic rings. The second-order valence-corrected chi connectivity index (χ2v) is 8.34. The van der Waals surface area contributed by atoms with Crippen LogP contribution in [0.1, 0.15) is 30.5 Å². The van der Waals surface area contributed by atoms with Gasteiger partial charge < -0.3 is 24.8 Å². The fourth-order valence-electron chi connectivity index (χ4n) is 4.47. The van der Waals surface area contributed by atoms with Crippen molar-refractivity contribution in [2.24, 2.45) is 0 Å². The van der Waals surface area contributed by atoms with Gasteiger partial charge in [0, 0.05) is 25.3 Å². The maximum Gasteiger partial charge on any atom is 0.338 e. The summed E-state index contributed by atoms with van der Waals surface area (Å²) in [5, 5.41) is 5.73. The van der Waals surface area contributed by atoms with Crippen LogP contribution in [0.2, 0.25) is 0 Å². The molecular formula is C27H31N3O5. The Bertz CT molecular complexity index is 1140. The third-order valence-corrected chi connectivity index (χ3v) is 6.21. The van der Waals surface area contributed by atoms with E-state index in [1.165, 1.54) is 11.1 Å². The lowest BCUT2D eigenvalue weighted by atomic mass is 9.94. The number of amides is 2. The Morgan fingerprint density at radius 3 is 2.51 bits per heavy atom. The summed E-state index contributed by atoms with van der Waals surface area (Å²) < 4.78 is 16.2. The summed E-state index contributed by atoms with van der Waals surface area (Å²) in [5.74, 6) is 0.609. The second kappa shape index (κ2) is 11.1. The highest BCUT2D eigenvalue weighted by Crippen LogP contribution is 2.35. The predicted molar refractivity (Wildman–Crippen MR) is 133 cm³/mol. The highest BCUT2D eigenvalue weighted by molar-refractivity contribution is 5.95. The highest BCUT2D eigenvalue weighted by Gasteiger charge is 2.35. The lowest BCUT2D eigenvalue weighted by molar-refractivity contribution is -0.139. The number of carbonyl (C=O) groups excluding carboxylic acids is 2. The average molecular weight is 478 g/mol. The number of nitrogens with zero attached hydrogens (tertiary/aromatic N) is 1. The summed E-state index contributed by atoms with van der Waals surface area (Å²) in [6, 6.07) is 14.6. The standard InChI is InChI=1S/C27H31N3O5/c1-4-35-26(31)24-21(17-30-14-12-19(13-15-30)18-8-6-5-7-9-18)28-27(32)29-25(24)20-10-11-22(33-2)23(16-20)34-3/h5-12,16,25H,4,13-15,17H2,1-3H3,(H2,28,29,32)/t25-/m0/s1. The van der Waals surface area contributed by atoms with E-state index in [1.54, 1.807) is 33.3 Å². The van der Waals surface area contributed by atoms with E-state index in [1.807, 2.05) is 24.3 Å². The molecule has 2 aromatic carbocycles. The van der Waals surface area contributed by atoms with Crippen LogP contribution >= 0.6 is 0 Å². The normalized spacial score (nSPS) is 18.3. The molecule has 2 N–H and O–H groups in total. The topological polar surface area (TPSA) is 89.1 Å². The summed E-state index contributed by atoms with van der Waals surface area (Å²) in [6.07, 6.45) is 3.09. The molecule has 4 rings (SSSR count). The molecule has 2 amide bonds. The summed E-state index contributed by atoms with van der Waals surface area (Å²) >= 11 is 0. The molecule has 1 atom stereocenters. The fourth-order valence-corrected chi connectivity index (χ4v) is 4.47. The monoisotopic (exact) mass is 477 g/mol. The zero-order valence-electron chi connectivity index (χ0n) is 20.3. The van der Waals surface area contributed by atoms with Gasteiger partial charge in [-0.2, -0.15) is 0 Å². The molecule has 2 aliphatic rings. The molecule has 0 unspecified atom stereocenters. The van der Waals surface area contributed by atoms with Gasteiger partial charge in [0.2, 0.25) is 0 Å². The van der Waals surface area contributed by atoms with Gasteiger partial charge in [0.25, 0.3) is 0 Å². The molecule has 184 valence electrons. The van der Waals surface area contributed by atoms with E-state index in [2.05, 4.69) is 33.7 Å². The molecule has 2 heterocycles. The first-order valence-corrected chi connectivity index (χ1v) is 11.7. The average Bonchev–Trinajstić information content (AvgIpc) is 2.89. The molecule has 0 radical (unpaired) electrons. The van der Waals surface area contributed by atoms with Crippen molar-refractivity contribution in [1.29, 1.82) is 0 Å². The first-order chi connectivity index (χ1) is 17.0. The molecular weight excluding hydrogens is 446 g/mol. The largest absolute Gasteiger partial charge is 0.493 e. The van der Waals surface area contributed by atoms with Crippen LogP contribution in [0.25, 0.3) is 5.57 Å². The minimum atomic E-state index is -0.683. The summed E-state index contributed by atoms with van der Waals surface area (Å²) in [6.45, 7) is 3.94. The number of carbonyl (C=O) groups is 2. The Balaban J connectivity index is 1.64. The summed E-state index contributed by atoms with van der Waals surface area (Å²) in [7, 11) is 3.10. The molecule has 0 saturated carbocycles. The predicted octanol–water partition coefficient (Wildman–Crippen LogP) is 3.66. The third kappa shape index (κ3) is 5.49. The van der Waals surface area contributed by atoms with Crippen LogP contribution in [0.3, 0.4) is 0 Å². The molecule has 0 bridgehead atoms. The minimum absolute atomic E-state index is 0.231.